The summed E-state index contributed by atoms with van der Waals surface area (Å²) in [5, 5.41) is 9.35. The van der Waals surface area contributed by atoms with Gasteiger partial charge < -0.3 is 14.4 Å². The van der Waals surface area contributed by atoms with Crippen molar-refractivity contribution in [3.05, 3.63) is 52.4 Å². The minimum absolute atomic E-state index is 0.0582. The zero-order valence-corrected chi connectivity index (χ0v) is 11.3. The molecule has 0 spiro atoms. The molecule has 3 rings (SSSR count). The third-order valence-electron chi connectivity index (χ3n) is 3.20. The molecule has 0 atom stereocenters. The number of aromatic carboxylic acids is 1. The van der Waals surface area contributed by atoms with Crippen molar-refractivity contribution >= 4 is 34.9 Å². The Hall–Kier alpha value is -2.60. The molecule has 106 valence electrons. The minimum atomic E-state index is -1.23. The van der Waals surface area contributed by atoms with E-state index < -0.39 is 17.7 Å². The molecule has 1 aromatic carbocycles. The maximum atomic E-state index is 12.0. The van der Waals surface area contributed by atoms with E-state index >= 15 is 0 Å². The van der Waals surface area contributed by atoms with Gasteiger partial charge in [-0.2, -0.15) is 0 Å². The summed E-state index contributed by atoms with van der Waals surface area (Å²) in [5.74, 6) is -2.86. The van der Waals surface area contributed by atoms with Gasteiger partial charge in [-0.05, 0) is 24.3 Å². The molecule has 1 aliphatic rings. The highest BCUT2D eigenvalue weighted by atomic mass is 35.5. The number of amides is 1. The first-order chi connectivity index (χ1) is 9.99. The van der Waals surface area contributed by atoms with E-state index in [2.05, 4.69) is 0 Å². The van der Waals surface area contributed by atoms with Gasteiger partial charge in [-0.25, -0.2) is 4.79 Å². The molecule has 1 aliphatic heterocycles. The van der Waals surface area contributed by atoms with Crippen LogP contribution in [0.2, 0.25) is 5.02 Å². The number of halogens is 1. The maximum Gasteiger partial charge on any atom is 0.372 e. The molecule has 1 aromatic heterocycles. The number of hydrogen-bond donors (Lipinski definition) is 1. The molecule has 0 radical (unpaired) electrons. The van der Waals surface area contributed by atoms with E-state index in [0.717, 1.165) is 0 Å². The normalized spacial score (nSPS) is 13.7. The van der Waals surface area contributed by atoms with Gasteiger partial charge in [0.05, 0.1) is 24.1 Å². The Morgan fingerprint density at radius 1 is 1.29 bits per heavy atom. The summed E-state index contributed by atoms with van der Waals surface area (Å²) in [4.78, 5) is 36.2. The van der Waals surface area contributed by atoms with Crippen LogP contribution in [-0.4, -0.2) is 22.8 Å². The van der Waals surface area contributed by atoms with Crippen LogP contribution in [0.25, 0.3) is 0 Å². The number of fused-ring (bicyclic) bond motifs is 1. The van der Waals surface area contributed by atoms with Gasteiger partial charge in [-0.15, -0.1) is 0 Å². The van der Waals surface area contributed by atoms with Crippen LogP contribution >= 0.6 is 11.6 Å². The first-order valence-corrected chi connectivity index (χ1v) is 6.32. The second-order valence-corrected chi connectivity index (χ2v) is 4.90. The maximum absolute atomic E-state index is 12.0. The van der Waals surface area contributed by atoms with Gasteiger partial charge in [-0.3, -0.25) is 9.59 Å². The Labute approximate surface area is 123 Å². The molecule has 0 aliphatic carbocycles. The van der Waals surface area contributed by atoms with Crippen molar-refractivity contribution in [1.82, 2.24) is 0 Å². The molecular weight excluding hydrogens is 298 g/mol. The number of carbonyl (C=O) groups excluding carboxylic acids is 2. The lowest BCUT2D eigenvalue weighted by Crippen LogP contribution is -2.29. The largest absolute Gasteiger partial charge is 0.475 e. The fourth-order valence-electron chi connectivity index (χ4n) is 2.25. The minimum Gasteiger partial charge on any atom is -0.475 e. The van der Waals surface area contributed by atoms with Crippen molar-refractivity contribution in [2.75, 3.05) is 4.90 Å². The average molecular weight is 306 g/mol. The summed E-state index contributed by atoms with van der Waals surface area (Å²) in [7, 11) is 0. The van der Waals surface area contributed by atoms with E-state index in [1.54, 1.807) is 12.1 Å². The molecule has 1 amide bonds. The van der Waals surface area contributed by atoms with Gasteiger partial charge in [0, 0.05) is 10.6 Å². The number of hydrogen-bond acceptors (Lipinski definition) is 4. The third kappa shape index (κ3) is 2.09. The molecule has 0 saturated carbocycles. The quantitative estimate of drug-likeness (QED) is 0.879. The number of anilines is 1. The Bertz CT molecular complexity index is 779. The number of rotatable bonds is 3. The number of carbonyl (C=O) groups is 3. The van der Waals surface area contributed by atoms with Crippen LogP contribution in [-0.2, 0) is 11.3 Å². The number of nitrogens with zero attached hydrogens (tertiary/aromatic N) is 1. The molecule has 2 heterocycles. The van der Waals surface area contributed by atoms with Crippen LogP contribution in [0, 0.1) is 0 Å². The fraction of sp³-hybridized carbons (Fsp3) is 0.0714. The molecule has 2 aromatic rings. The van der Waals surface area contributed by atoms with E-state index in [1.807, 2.05) is 0 Å². The molecule has 0 unspecified atom stereocenters. The molecule has 0 bridgehead atoms. The summed E-state index contributed by atoms with van der Waals surface area (Å²) in [6.45, 7) is -0.0582. The number of ketones is 1. The lowest BCUT2D eigenvalue weighted by Gasteiger charge is -2.15. The van der Waals surface area contributed by atoms with E-state index in [1.165, 1.54) is 23.3 Å². The van der Waals surface area contributed by atoms with Gasteiger partial charge in [0.1, 0.15) is 0 Å². The van der Waals surface area contributed by atoms with Gasteiger partial charge in [0.25, 0.3) is 11.7 Å². The van der Waals surface area contributed by atoms with Gasteiger partial charge in [-0.1, -0.05) is 11.6 Å². The first kappa shape index (κ1) is 13.4. The second-order valence-electron chi connectivity index (χ2n) is 4.46. The number of benzene rings is 1. The number of carboxylic acids is 1. The van der Waals surface area contributed by atoms with Crippen LogP contribution in [0.3, 0.4) is 0 Å². The van der Waals surface area contributed by atoms with Crippen LogP contribution in [0.5, 0.6) is 0 Å². The number of furan rings is 1. The van der Waals surface area contributed by atoms with E-state index in [9.17, 15) is 14.4 Å². The van der Waals surface area contributed by atoms with Crippen LogP contribution in [0.15, 0.2) is 34.9 Å². The Balaban J connectivity index is 2.01. The van der Waals surface area contributed by atoms with Crippen molar-refractivity contribution in [3.8, 4) is 0 Å². The SMILES string of the molecule is O=C1C(=O)N(Cc2ccoc2C(=O)O)c2ccc(Cl)cc21. The Morgan fingerprint density at radius 3 is 2.76 bits per heavy atom. The molecule has 21 heavy (non-hydrogen) atoms. The topological polar surface area (TPSA) is 87.8 Å². The smallest absolute Gasteiger partial charge is 0.372 e. The van der Waals surface area contributed by atoms with Crippen LogP contribution in [0.1, 0.15) is 26.5 Å². The fourth-order valence-corrected chi connectivity index (χ4v) is 2.42. The second kappa shape index (κ2) is 4.75. The van der Waals surface area contributed by atoms with Crippen LogP contribution in [0.4, 0.5) is 5.69 Å². The standard InChI is InChI=1S/C14H8ClNO5/c15-8-1-2-10-9(5-8)11(17)13(18)16(10)6-7-3-4-21-12(7)14(19)20/h1-5H,6H2,(H,19,20). The zero-order chi connectivity index (χ0) is 15.1. The third-order valence-corrected chi connectivity index (χ3v) is 3.44. The molecular formula is C14H8ClNO5. The van der Waals surface area contributed by atoms with Gasteiger partial charge in [0.15, 0.2) is 0 Å². The van der Waals surface area contributed by atoms with Crippen molar-refractivity contribution in [2.45, 2.75) is 6.54 Å². The van der Waals surface area contributed by atoms with E-state index in [0.29, 0.717) is 16.3 Å². The monoisotopic (exact) mass is 305 g/mol. The highest BCUT2D eigenvalue weighted by Gasteiger charge is 2.36. The lowest BCUT2D eigenvalue weighted by atomic mass is 10.1. The highest BCUT2D eigenvalue weighted by molar-refractivity contribution is 6.52. The van der Waals surface area contributed by atoms with E-state index in [4.69, 9.17) is 21.1 Å². The highest BCUT2D eigenvalue weighted by Crippen LogP contribution is 2.32. The van der Waals surface area contributed by atoms with Crippen molar-refractivity contribution in [1.29, 1.82) is 0 Å². The molecule has 0 saturated heterocycles. The average Bonchev–Trinajstić information content (AvgIpc) is 2.99. The molecule has 0 fully saturated rings. The van der Waals surface area contributed by atoms with Gasteiger partial charge in [0.2, 0.25) is 5.76 Å². The predicted molar refractivity (Wildman–Crippen MR) is 72.6 cm³/mol. The number of Topliss-reactive ketones (excluding diaryl/α,β-unsaturated/α-hetero) is 1. The summed E-state index contributed by atoms with van der Waals surface area (Å²) < 4.78 is 4.86. The summed E-state index contributed by atoms with van der Waals surface area (Å²) in [5.41, 5.74) is 0.936. The van der Waals surface area contributed by atoms with Crippen LogP contribution < -0.4 is 4.90 Å². The summed E-state index contributed by atoms with van der Waals surface area (Å²) in [6.07, 6.45) is 1.23. The summed E-state index contributed by atoms with van der Waals surface area (Å²) in [6, 6.07) is 5.99. The zero-order valence-electron chi connectivity index (χ0n) is 10.5. The summed E-state index contributed by atoms with van der Waals surface area (Å²) >= 11 is 5.82. The predicted octanol–water partition coefficient (Wildman–Crippen LogP) is 2.36. The van der Waals surface area contributed by atoms with E-state index in [-0.39, 0.29) is 17.9 Å². The first-order valence-electron chi connectivity index (χ1n) is 5.94. The molecule has 7 heteroatoms. The Kier molecular flexibility index (Phi) is 3.03. The Morgan fingerprint density at radius 2 is 2.05 bits per heavy atom. The van der Waals surface area contributed by atoms with Crippen molar-refractivity contribution in [2.24, 2.45) is 0 Å². The molecule has 6 nitrogen and oxygen atoms in total. The van der Waals surface area contributed by atoms with Crippen molar-refractivity contribution < 1.29 is 23.9 Å². The molecule has 1 N–H and O–H groups in total. The van der Waals surface area contributed by atoms with Gasteiger partial charge >= 0.3 is 5.97 Å². The number of carboxylic acid groups (broad SMARTS) is 1. The van der Waals surface area contributed by atoms with Crippen molar-refractivity contribution in [3.63, 3.8) is 0 Å². The lowest BCUT2D eigenvalue weighted by molar-refractivity contribution is -0.114.